The molecule has 10 bridgehead atoms. The zero-order valence-corrected chi connectivity index (χ0v) is 48.2. The molecule has 2 aliphatic rings. The van der Waals surface area contributed by atoms with E-state index in [1.807, 2.05) is 12.1 Å². The van der Waals surface area contributed by atoms with Crippen LogP contribution in [0.5, 0.6) is 23.0 Å². The van der Waals surface area contributed by atoms with Gasteiger partial charge in [-0.25, -0.2) is 0 Å². The van der Waals surface area contributed by atoms with Crippen LogP contribution in [-0.4, -0.2) is 52.9 Å². The van der Waals surface area contributed by atoms with E-state index >= 15 is 0 Å². The standard InChI is InChI=1S/C62H74O7S4/c1-59(2,3)43-31-47-55-48(32-43)71-52-36-46(62(10,11)12)38-54(58(52)69-40-42-21-17-14-18-22-42)73-50-34-44(60(4,5)6)33-49(56(50)67-30-28-65-26-24-63-23-25-64-27-29-66-55)72-53-37-45(61(7,8)9)35-51(70-47)57(53)68-39-41-19-15-13-16-20-41/h13-22,31-38H,23-30,39-40H2,1-12H3. The third-order valence-electron chi connectivity index (χ3n) is 12.6. The maximum Gasteiger partial charge on any atom is 0.147 e. The molecule has 2 aliphatic heterocycles. The second-order valence-corrected chi connectivity index (χ2v) is 27.0. The maximum atomic E-state index is 7.19. The monoisotopic (exact) mass is 1060 g/mol. The molecule has 0 N–H and O–H groups in total. The van der Waals surface area contributed by atoms with Gasteiger partial charge in [0.2, 0.25) is 0 Å². The van der Waals surface area contributed by atoms with E-state index in [-0.39, 0.29) is 21.7 Å². The highest BCUT2D eigenvalue weighted by Gasteiger charge is 2.31. The highest BCUT2D eigenvalue weighted by Crippen LogP contribution is 2.56. The minimum Gasteiger partial charge on any atom is -0.489 e. The Kier molecular flexibility index (Phi) is 17.9. The Morgan fingerprint density at radius 3 is 0.849 bits per heavy atom. The van der Waals surface area contributed by atoms with Crippen LogP contribution in [0.1, 0.15) is 116 Å². The molecule has 0 saturated carbocycles. The summed E-state index contributed by atoms with van der Waals surface area (Å²) < 4.78 is 46.7. The van der Waals surface area contributed by atoms with E-state index in [0.29, 0.717) is 66.1 Å². The molecule has 11 heteroatoms. The van der Waals surface area contributed by atoms with E-state index in [1.165, 1.54) is 22.3 Å². The zero-order chi connectivity index (χ0) is 52.0. The Morgan fingerprint density at radius 1 is 0.342 bits per heavy atom. The first-order valence-corrected chi connectivity index (χ1v) is 28.7. The third kappa shape index (κ3) is 14.6. The molecule has 0 aliphatic carbocycles. The van der Waals surface area contributed by atoms with Crippen molar-refractivity contribution in [1.82, 2.24) is 0 Å². The van der Waals surface area contributed by atoms with Gasteiger partial charge in [-0.05, 0) is 104 Å². The number of benzene rings is 6. The van der Waals surface area contributed by atoms with Crippen molar-refractivity contribution >= 4 is 47.0 Å². The van der Waals surface area contributed by atoms with E-state index < -0.39 is 0 Å². The molecule has 0 aromatic heterocycles. The molecule has 0 fully saturated rings. The average Bonchev–Trinajstić information content (AvgIpc) is 3.32. The van der Waals surface area contributed by atoms with E-state index in [1.54, 1.807) is 47.0 Å². The topological polar surface area (TPSA) is 64.6 Å². The second-order valence-electron chi connectivity index (χ2n) is 22.7. The lowest BCUT2D eigenvalue weighted by molar-refractivity contribution is 0.00450. The van der Waals surface area contributed by atoms with Crippen molar-refractivity contribution in [2.45, 2.75) is 157 Å². The predicted octanol–water partition coefficient (Wildman–Crippen LogP) is 16.8. The lowest BCUT2D eigenvalue weighted by Crippen LogP contribution is -2.16. The van der Waals surface area contributed by atoms with E-state index in [4.69, 9.17) is 33.2 Å². The summed E-state index contributed by atoms with van der Waals surface area (Å²) in [6.45, 7) is 31.4. The Bertz CT molecular complexity index is 2530. The van der Waals surface area contributed by atoms with Crippen molar-refractivity contribution in [3.05, 3.63) is 143 Å². The molecular weight excluding hydrogens is 985 g/mol. The van der Waals surface area contributed by atoms with Gasteiger partial charge in [-0.2, -0.15) is 0 Å². The van der Waals surface area contributed by atoms with Crippen LogP contribution in [0.15, 0.2) is 148 Å². The van der Waals surface area contributed by atoms with Crippen LogP contribution < -0.4 is 18.9 Å². The van der Waals surface area contributed by atoms with Crippen molar-refractivity contribution in [1.29, 1.82) is 0 Å². The molecular formula is C62H74O7S4. The highest BCUT2D eigenvalue weighted by molar-refractivity contribution is 8.01. The van der Waals surface area contributed by atoms with Gasteiger partial charge in [-0.3, -0.25) is 0 Å². The van der Waals surface area contributed by atoms with Gasteiger partial charge in [0.05, 0.1) is 78.8 Å². The summed E-state index contributed by atoms with van der Waals surface area (Å²) in [5, 5.41) is 0. The molecule has 6 aromatic rings. The summed E-state index contributed by atoms with van der Waals surface area (Å²) in [5.41, 5.74) is 6.16. The molecule has 0 amide bonds. The van der Waals surface area contributed by atoms with Crippen LogP contribution in [0.4, 0.5) is 0 Å². The molecule has 388 valence electrons. The number of ether oxygens (including phenoxy) is 7. The lowest BCUT2D eigenvalue weighted by atomic mass is 9.87. The smallest absolute Gasteiger partial charge is 0.147 e. The van der Waals surface area contributed by atoms with Gasteiger partial charge in [0.1, 0.15) is 49.4 Å². The Morgan fingerprint density at radius 2 is 0.589 bits per heavy atom. The van der Waals surface area contributed by atoms with Crippen molar-refractivity contribution < 1.29 is 33.2 Å². The van der Waals surface area contributed by atoms with Crippen molar-refractivity contribution in [2.24, 2.45) is 0 Å². The fraction of sp³-hybridized carbons (Fsp3) is 0.419. The maximum absolute atomic E-state index is 7.19. The van der Waals surface area contributed by atoms with Crippen molar-refractivity contribution in [2.75, 3.05) is 52.9 Å². The molecule has 0 saturated heterocycles. The van der Waals surface area contributed by atoms with Gasteiger partial charge in [0, 0.05) is 0 Å². The Balaban J connectivity index is 1.48. The Hall–Kier alpha value is -4.20. The highest BCUT2D eigenvalue weighted by atomic mass is 32.2. The fourth-order valence-corrected chi connectivity index (χ4v) is 12.9. The first-order chi connectivity index (χ1) is 34.7. The quantitative estimate of drug-likeness (QED) is 0.160. The summed E-state index contributed by atoms with van der Waals surface area (Å²) in [4.78, 5) is 7.98. The van der Waals surface area contributed by atoms with Crippen LogP contribution in [0, 0.1) is 0 Å². The first-order valence-electron chi connectivity index (χ1n) is 25.5. The SMILES string of the molecule is CC(C)(C)c1cc2c3c(c1)Sc1cc(C(C)(C)C)cc(c1OCc1ccccc1)Sc1cc(C(C)(C)C)cc(c1OCCOCCOCCOCCO3)Sc1cc(C(C)(C)C)cc(c1OCc1ccccc1)S2. The van der Waals surface area contributed by atoms with Crippen LogP contribution in [-0.2, 0) is 49.1 Å². The molecule has 0 unspecified atom stereocenters. The summed E-state index contributed by atoms with van der Waals surface area (Å²) in [7, 11) is 0. The molecule has 73 heavy (non-hydrogen) atoms. The summed E-state index contributed by atoms with van der Waals surface area (Å²) in [6, 6.07) is 39.5. The van der Waals surface area contributed by atoms with E-state index in [9.17, 15) is 0 Å². The molecule has 6 aromatic carbocycles. The molecule has 8 rings (SSSR count). The normalized spacial score (nSPS) is 15.5. The van der Waals surface area contributed by atoms with Crippen molar-refractivity contribution in [3.8, 4) is 23.0 Å². The van der Waals surface area contributed by atoms with Crippen LogP contribution in [0.25, 0.3) is 0 Å². The minimum absolute atomic E-state index is 0.197. The van der Waals surface area contributed by atoms with Gasteiger partial charge in [0.25, 0.3) is 0 Å². The van der Waals surface area contributed by atoms with Crippen LogP contribution >= 0.6 is 47.0 Å². The summed E-state index contributed by atoms with van der Waals surface area (Å²) >= 11 is 6.83. The molecule has 0 radical (unpaired) electrons. The minimum atomic E-state index is -0.202. The fourth-order valence-electron chi connectivity index (χ4n) is 8.09. The van der Waals surface area contributed by atoms with E-state index in [2.05, 4.69) is 180 Å². The second kappa shape index (κ2) is 23.8. The zero-order valence-electron chi connectivity index (χ0n) is 45.0. The average molecular weight is 1060 g/mol. The van der Waals surface area contributed by atoms with Gasteiger partial charge in [-0.1, -0.05) is 191 Å². The largest absolute Gasteiger partial charge is 0.489 e. The summed E-state index contributed by atoms with van der Waals surface area (Å²) in [6.07, 6.45) is 0. The molecule has 0 atom stereocenters. The van der Waals surface area contributed by atoms with Gasteiger partial charge in [-0.15, -0.1) is 0 Å². The molecule has 0 spiro atoms. The number of hydrogen-bond acceptors (Lipinski definition) is 11. The van der Waals surface area contributed by atoms with Crippen LogP contribution in [0.2, 0.25) is 0 Å². The first kappa shape index (κ1) is 55.0. The van der Waals surface area contributed by atoms with Gasteiger partial charge >= 0.3 is 0 Å². The van der Waals surface area contributed by atoms with Crippen molar-refractivity contribution in [3.63, 3.8) is 0 Å². The summed E-state index contributed by atoms with van der Waals surface area (Å²) in [5.74, 6) is 3.21. The van der Waals surface area contributed by atoms with Gasteiger partial charge < -0.3 is 33.2 Å². The van der Waals surface area contributed by atoms with Gasteiger partial charge in [0.15, 0.2) is 0 Å². The number of rotatable bonds is 6. The predicted molar refractivity (Wildman–Crippen MR) is 302 cm³/mol. The number of hydrogen-bond donors (Lipinski definition) is 0. The molecule has 2 heterocycles. The molecule has 7 nitrogen and oxygen atoms in total. The third-order valence-corrected chi connectivity index (χ3v) is 16.8. The lowest BCUT2D eigenvalue weighted by Gasteiger charge is -2.28. The Labute approximate surface area is 452 Å². The van der Waals surface area contributed by atoms with E-state index in [0.717, 1.165) is 73.3 Å². The number of fused-ring (bicyclic) bond motifs is 2. The van der Waals surface area contributed by atoms with Crippen LogP contribution in [0.3, 0.4) is 0 Å².